The van der Waals surface area contributed by atoms with E-state index in [4.69, 9.17) is 4.74 Å². The average molecular weight is 202 g/mol. The van der Waals surface area contributed by atoms with Crippen LogP contribution in [-0.2, 0) is 6.42 Å². The van der Waals surface area contributed by atoms with Gasteiger partial charge >= 0.3 is 0 Å². The third-order valence-corrected chi connectivity index (χ3v) is 2.40. The Balaban J connectivity index is 2.78. The van der Waals surface area contributed by atoms with Gasteiger partial charge in [0.1, 0.15) is 17.0 Å². The molecule has 1 radical (unpaired) electrons. The van der Waals surface area contributed by atoms with Crippen LogP contribution >= 0.6 is 0 Å². The Morgan fingerprint density at radius 3 is 2.93 bits per heavy atom. The van der Waals surface area contributed by atoms with Crippen LogP contribution in [0, 0.1) is 6.92 Å². The summed E-state index contributed by atoms with van der Waals surface area (Å²) in [5, 5.41) is 10.6. The van der Waals surface area contributed by atoms with Crippen molar-refractivity contribution in [3.8, 4) is 11.5 Å². The minimum absolute atomic E-state index is 0.244. The molecule has 0 unspecified atom stereocenters. The third-order valence-electron chi connectivity index (χ3n) is 2.40. The van der Waals surface area contributed by atoms with Gasteiger partial charge in [0.05, 0.1) is 7.11 Å². The lowest BCUT2D eigenvalue weighted by Crippen LogP contribution is -1.90. The van der Waals surface area contributed by atoms with E-state index in [1.54, 1.807) is 13.3 Å². The van der Waals surface area contributed by atoms with E-state index in [9.17, 15) is 5.11 Å². The van der Waals surface area contributed by atoms with Crippen LogP contribution in [0.25, 0.3) is 10.9 Å². The minimum Gasteiger partial charge on any atom is -0.507 e. The molecule has 0 bridgehead atoms. The van der Waals surface area contributed by atoms with Gasteiger partial charge in [0.25, 0.3) is 0 Å². The van der Waals surface area contributed by atoms with Crippen molar-refractivity contribution in [2.24, 2.45) is 0 Å². The summed E-state index contributed by atoms with van der Waals surface area (Å²) in [5.41, 5.74) is 1.42. The van der Waals surface area contributed by atoms with Crippen LogP contribution in [-0.4, -0.2) is 17.2 Å². The maximum atomic E-state index is 9.93. The van der Waals surface area contributed by atoms with Crippen LogP contribution in [0.5, 0.6) is 11.5 Å². The van der Waals surface area contributed by atoms with Gasteiger partial charge < -0.3 is 9.84 Å². The predicted octanol–water partition coefficient (Wildman–Crippen LogP) is 2.33. The van der Waals surface area contributed by atoms with Crippen molar-refractivity contribution in [2.75, 3.05) is 7.11 Å². The van der Waals surface area contributed by atoms with Gasteiger partial charge in [0.15, 0.2) is 0 Å². The predicted molar refractivity (Wildman–Crippen MR) is 59.0 cm³/mol. The molecule has 0 aliphatic heterocycles. The number of hydrogen-bond donors (Lipinski definition) is 1. The largest absolute Gasteiger partial charge is 0.507 e. The smallest absolute Gasteiger partial charge is 0.145 e. The summed E-state index contributed by atoms with van der Waals surface area (Å²) < 4.78 is 5.17. The normalized spacial score (nSPS) is 10.5. The van der Waals surface area contributed by atoms with Crippen molar-refractivity contribution >= 4 is 10.9 Å². The van der Waals surface area contributed by atoms with E-state index in [1.165, 1.54) is 0 Å². The van der Waals surface area contributed by atoms with Crippen molar-refractivity contribution in [2.45, 2.75) is 6.42 Å². The first-order chi connectivity index (χ1) is 7.27. The molecule has 1 heterocycles. The third kappa shape index (κ3) is 1.50. The van der Waals surface area contributed by atoms with E-state index >= 15 is 0 Å². The van der Waals surface area contributed by atoms with E-state index in [-0.39, 0.29) is 5.75 Å². The van der Waals surface area contributed by atoms with Gasteiger partial charge in [-0.1, -0.05) is 6.07 Å². The molecule has 1 N–H and O–H groups in total. The number of fused-ring (bicyclic) bond motifs is 1. The minimum atomic E-state index is 0.244. The number of hydrogen-bond acceptors (Lipinski definition) is 3. The first-order valence-corrected chi connectivity index (χ1v) is 4.70. The Kier molecular flexibility index (Phi) is 2.46. The van der Waals surface area contributed by atoms with E-state index < -0.39 is 0 Å². The monoisotopic (exact) mass is 202 g/mol. The van der Waals surface area contributed by atoms with Crippen molar-refractivity contribution in [1.82, 2.24) is 4.98 Å². The van der Waals surface area contributed by atoms with Crippen molar-refractivity contribution in [3.63, 3.8) is 0 Å². The maximum absolute atomic E-state index is 9.93. The van der Waals surface area contributed by atoms with Gasteiger partial charge in [0, 0.05) is 17.1 Å². The van der Waals surface area contributed by atoms with Gasteiger partial charge in [-0.05, 0) is 25.5 Å². The molecule has 0 fully saturated rings. The molecule has 0 saturated heterocycles. The molecule has 3 heteroatoms. The summed E-state index contributed by atoms with van der Waals surface area (Å²) in [6, 6.07) is 5.47. The lowest BCUT2D eigenvalue weighted by atomic mass is 10.1. The number of methoxy groups -OCH3 is 1. The highest BCUT2D eigenvalue weighted by Gasteiger charge is 2.09. The fourth-order valence-electron chi connectivity index (χ4n) is 1.57. The van der Waals surface area contributed by atoms with Crippen LogP contribution in [0.1, 0.15) is 5.56 Å². The molecule has 1 aromatic heterocycles. The molecule has 0 atom stereocenters. The molecule has 77 valence electrons. The molecule has 2 aromatic rings. The highest BCUT2D eigenvalue weighted by molar-refractivity contribution is 5.90. The lowest BCUT2D eigenvalue weighted by molar-refractivity contribution is 0.418. The topological polar surface area (TPSA) is 42.4 Å². The highest BCUT2D eigenvalue weighted by Crippen LogP contribution is 2.32. The molecule has 2 rings (SSSR count). The molecule has 0 aliphatic carbocycles. The summed E-state index contributed by atoms with van der Waals surface area (Å²) in [6.07, 6.45) is 2.15. The molecule has 0 saturated carbocycles. The fourth-order valence-corrected chi connectivity index (χ4v) is 1.57. The quantitative estimate of drug-likeness (QED) is 0.812. The molecule has 0 amide bonds. The van der Waals surface area contributed by atoms with Gasteiger partial charge in [-0.3, -0.25) is 4.98 Å². The first-order valence-electron chi connectivity index (χ1n) is 4.70. The first kappa shape index (κ1) is 9.77. The molecular formula is C12H12NO2. The molecular weight excluding hydrogens is 190 g/mol. The molecule has 1 aromatic carbocycles. The Morgan fingerprint density at radius 1 is 1.47 bits per heavy atom. The molecule has 3 nitrogen and oxygen atoms in total. The fraction of sp³-hybridized carbons (Fsp3) is 0.167. The van der Waals surface area contributed by atoms with E-state index in [0.717, 1.165) is 5.56 Å². The number of para-hydroxylation sites is 1. The highest BCUT2D eigenvalue weighted by atomic mass is 16.5. The summed E-state index contributed by atoms with van der Waals surface area (Å²) in [7, 11) is 1.59. The molecule has 0 aliphatic rings. The van der Waals surface area contributed by atoms with E-state index in [1.807, 2.05) is 18.2 Å². The lowest BCUT2D eigenvalue weighted by Gasteiger charge is -2.08. The summed E-state index contributed by atoms with van der Waals surface area (Å²) in [6.45, 7) is 3.73. The molecule has 15 heavy (non-hydrogen) atoms. The number of rotatable bonds is 2. The van der Waals surface area contributed by atoms with Crippen molar-refractivity contribution < 1.29 is 9.84 Å². The number of aromatic hydroxyl groups is 1. The summed E-state index contributed by atoms with van der Waals surface area (Å²) >= 11 is 0. The van der Waals surface area contributed by atoms with Gasteiger partial charge in [0.2, 0.25) is 0 Å². The Morgan fingerprint density at radius 2 is 2.27 bits per heavy atom. The standard InChI is InChI=1S/C12H12NO2/c1-3-8-7-13-11-9(12(8)14)5-4-6-10(11)15-2/h4-7H,1,3H2,2H3,(H,13,14). The number of aromatic nitrogens is 1. The zero-order valence-corrected chi connectivity index (χ0v) is 8.53. The van der Waals surface area contributed by atoms with E-state index in [0.29, 0.717) is 23.1 Å². The Labute approximate surface area is 88.3 Å². The number of ether oxygens (including phenoxy) is 1. The number of pyridine rings is 1. The number of benzene rings is 1. The maximum Gasteiger partial charge on any atom is 0.145 e. The Bertz CT molecular complexity index is 494. The van der Waals surface area contributed by atoms with Gasteiger partial charge in [-0.15, -0.1) is 0 Å². The second kappa shape index (κ2) is 3.77. The number of nitrogens with zero attached hydrogens (tertiary/aromatic N) is 1. The SMILES string of the molecule is [CH2]Cc1cnc2c(OC)cccc2c1O. The second-order valence-electron chi connectivity index (χ2n) is 3.24. The molecule has 0 spiro atoms. The zero-order chi connectivity index (χ0) is 10.8. The van der Waals surface area contributed by atoms with Crippen LogP contribution in [0.15, 0.2) is 24.4 Å². The second-order valence-corrected chi connectivity index (χ2v) is 3.24. The van der Waals surface area contributed by atoms with Crippen molar-refractivity contribution in [3.05, 3.63) is 36.9 Å². The Hall–Kier alpha value is -1.77. The van der Waals surface area contributed by atoms with Gasteiger partial charge in [-0.2, -0.15) is 0 Å². The van der Waals surface area contributed by atoms with Gasteiger partial charge in [-0.25, -0.2) is 0 Å². The van der Waals surface area contributed by atoms with Crippen LogP contribution in [0.4, 0.5) is 0 Å². The summed E-state index contributed by atoms with van der Waals surface area (Å²) in [5.74, 6) is 0.910. The van der Waals surface area contributed by atoms with Crippen LogP contribution in [0.3, 0.4) is 0 Å². The van der Waals surface area contributed by atoms with E-state index in [2.05, 4.69) is 11.9 Å². The van der Waals surface area contributed by atoms with Crippen LogP contribution in [0.2, 0.25) is 0 Å². The zero-order valence-electron chi connectivity index (χ0n) is 8.53. The summed E-state index contributed by atoms with van der Waals surface area (Å²) in [4.78, 5) is 4.26. The van der Waals surface area contributed by atoms with Crippen molar-refractivity contribution in [1.29, 1.82) is 0 Å². The van der Waals surface area contributed by atoms with Crippen LogP contribution < -0.4 is 4.74 Å². The average Bonchev–Trinajstić information content (AvgIpc) is 2.29.